The van der Waals surface area contributed by atoms with Gasteiger partial charge in [0, 0.05) is 24.8 Å². The monoisotopic (exact) mass is 1110 g/mol. The Hall–Kier alpha value is -1.50. The Balaban J connectivity index is -0.00000136. The van der Waals surface area contributed by atoms with E-state index in [9.17, 15) is 29.4 Å². The summed E-state index contributed by atoms with van der Waals surface area (Å²) in [6, 6.07) is 0. The van der Waals surface area contributed by atoms with E-state index in [0.29, 0.717) is 25.7 Å². The zero-order valence-corrected chi connectivity index (χ0v) is 53.7. The van der Waals surface area contributed by atoms with Crippen molar-refractivity contribution in [2.24, 2.45) is 0 Å². The Morgan fingerprint density at radius 1 is 0.253 bits per heavy atom. The number of carbonyl (C=O) groups excluding carboxylic acids is 4. The molecule has 0 aromatic rings. The molecule has 440 valence electrons. The standard InChI is InChI=1S/2C33H64O4.Zn/c2*1-3-5-7-9-11-13-15-16-18-20-22-24-30-33(36)37-31(28-25-26-29-32(34)35)27-23-21-19-17-14-12-10-8-6-4-2;/h2*31H,3-30H2,1-2H3,(H,34,35);/q;;+2/p-2. The zero-order chi connectivity index (χ0) is 54.5. The summed E-state index contributed by atoms with van der Waals surface area (Å²) in [6.07, 6.45) is 64.1. The minimum absolute atomic E-state index is 0. The molecule has 0 aliphatic carbocycles. The number of unbranched alkanes of at least 4 members (excludes halogenated alkanes) is 42. The van der Waals surface area contributed by atoms with Crippen molar-refractivity contribution >= 4 is 23.9 Å². The van der Waals surface area contributed by atoms with Gasteiger partial charge in [-0.3, -0.25) is 9.59 Å². The average molecular weight is 1110 g/mol. The first-order chi connectivity index (χ1) is 36.2. The molecule has 0 aromatic heterocycles. The molecule has 0 N–H and O–H groups in total. The largest absolute Gasteiger partial charge is 2.00 e. The number of hydrogen-bond acceptors (Lipinski definition) is 8. The first-order valence-electron chi connectivity index (χ1n) is 33.0. The summed E-state index contributed by atoms with van der Waals surface area (Å²) < 4.78 is 11.7. The Bertz CT molecular complexity index is 1080. The van der Waals surface area contributed by atoms with Gasteiger partial charge in [-0.1, -0.05) is 285 Å². The van der Waals surface area contributed by atoms with Crippen molar-refractivity contribution in [3.05, 3.63) is 0 Å². The van der Waals surface area contributed by atoms with Crippen LogP contribution in [0.2, 0.25) is 0 Å². The molecule has 75 heavy (non-hydrogen) atoms. The third-order valence-corrected chi connectivity index (χ3v) is 15.1. The van der Waals surface area contributed by atoms with Crippen LogP contribution in [-0.4, -0.2) is 36.1 Å². The van der Waals surface area contributed by atoms with Crippen molar-refractivity contribution in [1.29, 1.82) is 0 Å². The van der Waals surface area contributed by atoms with Gasteiger partial charge in [-0.2, -0.15) is 0 Å². The van der Waals surface area contributed by atoms with Crippen LogP contribution >= 0.6 is 0 Å². The van der Waals surface area contributed by atoms with Crippen LogP contribution in [0.25, 0.3) is 0 Å². The van der Waals surface area contributed by atoms with E-state index in [0.717, 1.165) is 77.0 Å². The molecular formula is C66H126O8Zn. The molecule has 0 saturated heterocycles. The molecule has 2 atom stereocenters. The van der Waals surface area contributed by atoms with Gasteiger partial charge in [-0.15, -0.1) is 0 Å². The third kappa shape index (κ3) is 68.6. The smallest absolute Gasteiger partial charge is 0.550 e. The van der Waals surface area contributed by atoms with Gasteiger partial charge in [0.15, 0.2) is 0 Å². The minimum atomic E-state index is -0.991. The van der Waals surface area contributed by atoms with Crippen LogP contribution in [0.4, 0.5) is 0 Å². The van der Waals surface area contributed by atoms with E-state index in [1.165, 1.54) is 244 Å². The Morgan fingerprint density at radius 3 is 0.613 bits per heavy atom. The van der Waals surface area contributed by atoms with Gasteiger partial charge in [-0.05, 0) is 89.9 Å². The van der Waals surface area contributed by atoms with E-state index in [1.807, 2.05) is 0 Å². The first kappa shape index (κ1) is 77.7. The Morgan fingerprint density at radius 2 is 0.413 bits per heavy atom. The van der Waals surface area contributed by atoms with E-state index < -0.39 is 11.9 Å². The topological polar surface area (TPSA) is 133 Å². The van der Waals surface area contributed by atoms with Gasteiger partial charge >= 0.3 is 31.4 Å². The van der Waals surface area contributed by atoms with Crippen molar-refractivity contribution in [3.8, 4) is 0 Å². The molecule has 2 unspecified atom stereocenters. The minimum Gasteiger partial charge on any atom is -0.550 e. The van der Waals surface area contributed by atoms with Gasteiger partial charge in [0.05, 0.1) is 0 Å². The number of hydrogen-bond donors (Lipinski definition) is 0. The molecule has 0 aromatic carbocycles. The fourth-order valence-corrected chi connectivity index (χ4v) is 10.2. The molecule has 0 aliphatic heterocycles. The fourth-order valence-electron chi connectivity index (χ4n) is 10.2. The van der Waals surface area contributed by atoms with Gasteiger partial charge in [0.1, 0.15) is 12.2 Å². The van der Waals surface area contributed by atoms with Crippen molar-refractivity contribution in [2.45, 2.75) is 399 Å². The van der Waals surface area contributed by atoms with Crippen LogP contribution in [0.3, 0.4) is 0 Å². The molecular weight excluding hydrogens is 986 g/mol. The number of esters is 2. The number of carboxylic acid groups (broad SMARTS) is 2. The molecule has 9 heteroatoms. The van der Waals surface area contributed by atoms with Gasteiger partial charge in [0.2, 0.25) is 0 Å². The van der Waals surface area contributed by atoms with Crippen LogP contribution in [0.15, 0.2) is 0 Å². The Kier molecular flexibility index (Phi) is 69.2. The molecule has 0 amide bonds. The second kappa shape index (κ2) is 66.8. The molecule has 0 aliphatic rings. The third-order valence-electron chi connectivity index (χ3n) is 15.1. The number of aliphatic carboxylic acids is 2. The molecule has 0 saturated carbocycles. The quantitative estimate of drug-likeness (QED) is 0.0334. The normalized spacial score (nSPS) is 11.9. The van der Waals surface area contributed by atoms with E-state index in [1.54, 1.807) is 0 Å². The molecule has 0 fully saturated rings. The summed E-state index contributed by atoms with van der Waals surface area (Å²) in [5.41, 5.74) is 0. The summed E-state index contributed by atoms with van der Waals surface area (Å²) in [5, 5.41) is 21.4. The number of rotatable bonds is 60. The van der Waals surface area contributed by atoms with Gasteiger partial charge in [-0.25, -0.2) is 0 Å². The van der Waals surface area contributed by atoms with E-state index in [-0.39, 0.29) is 56.5 Å². The van der Waals surface area contributed by atoms with Crippen LogP contribution in [0, 0.1) is 0 Å². The van der Waals surface area contributed by atoms with E-state index >= 15 is 0 Å². The van der Waals surface area contributed by atoms with Gasteiger partial charge < -0.3 is 29.3 Å². The predicted molar refractivity (Wildman–Crippen MR) is 311 cm³/mol. The number of carboxylic acids is 2. The second-order valence-electron chi connectivity index (χ2n) is 22.7. The molecule has 0 spiro atoms. The average Bonchev–Trinajstić information content (AvgIpc) is 3.38. The van der Waals surface area contributed by atoms with Crippen LogP contribution in [0.5, 0.6) is 0 Å². The predicted octanol–water partition coefficient (Wildman–Crippen LogP) is 19.2. The van der Waals surface area contributed by atoms with Crippen molar-refractivity contribution < 1.29 is 58.3 Å². The number of carbonyl (C=O) groups is 4. The van der Waals surface area contributed by atoms with Gasteiger partial charge in [0.25, 0.3) is 0 Å². The maximum Gasteiger partial charge on any atom is 2.00 e. The zero-order valence-electron chi connectivity index (χ0n) is 50.7. The van der Waals surface area contributed by atoms with E-state index in [2.05, 4.69) is 27.7 Å². The fraction of sp³-hybridized carbons (Fsp3) is 0.939. The summed E-state index contributed by atoms with van der Waals surface area (Å²) in [4.78, 5) is 46.2. The molecule has 8 nitrogen and oxygen atoms in total. The number of ether oxygens (including phenoxy) is 2. The molecule has 0 radical (unpaired) electrons. The summed E-state index contributed by atoms with van der Waals surface area (Å²) in [6.45, 7) is 9.04. The maximum absolute atomic E-state index is 12.4. The molecule has 0 rings (SSSR count). The van der Waals surface area contributed by atoms with Crippen LogP contribution in [-0.2, 0) is 48.1 Å². The summed E-state index contributed by atoms with van der Waals surface area (Å²) in [7, 11) is 0. The molecule has 0 bridgehead atoms. The van der Waals surface area contributed by atoms with Crippen LogP contribution < -0.4 is 10.2 Å². The first-order valence-corrected chi connectivity index (χ1v) is 33.0. The van der Waals surface area contributed by atoms with Crippen molar-refractivity contribution in [1.82, 2.24) is 0 Å². The van der Waals surface area contributed by atoms with E-state index in [4.69, 9.17) is 9.47 Å². The summed E-state index contributed by atoms with van der Waals surface area (Å²) >= 11 is 0. The Labute approximate surface area is 479 Å². The van der Waals surface area contributed by atoms with Crippen molar-refractivity contribution in [2.75, 3.05) is 0 Å². The molecule has 0 heterocycles. The van der Waals surface area contributed by atoms with Crippen LogP contribution in [0.1, 0.15) is 387 Å². The van der Waals surface area contributed by atoms with Crippen molar-refractivity contribution in [3.63, 3.8) is 0 Å². The summed E-state index contributed by atoms with van der Waals surface area (Å²) in [5.74, 6) is -2.11. The second-order valence-corrected chi connectivity index (χ2v) is 22.7. The maximum atomic E-state index is 12.4. The SMILES string of the molecule is CCCCCCCCCCCCCCC(=O)OC(CCCCCCCCCCCC)CCCCC(=O)[O-].CCCCCCCCCCCCCCC(=O)OC(CCCCCCCCCCCC)CCCCC(=O)[O-].[Zn+2].